The van der Waals surface area contributed by atoms with E-state index in [2.05, 4.69) is 21.3 Å². The van der Waals surface area contributed by atoms with Crippen molar-refractivity contribution >= 4 is 11.9 Å². The third-order valence-electron chi connectivity index (χ3n) is 5.37. The molecule has 26 heavy (non-hydrogen) atoms. The third-order valence-corrected chi connectivity index (χ3v) is 5.37. The van der Waals surface area contributed by atoms with Gasteiger partial charge in [0, 0.05) is 32.1 Å². The van der Waals surface area contributed by atoms with Crippen LogP contribution in [0.3, 0.4) is 0 Å². The van der Waals surface area contributed by atoms with Gasteiger partial charge in [0.25, 0.3) is 0 Å². The van der Waals surface area contributed by atoms with Gasteiger partial charge >= 0.3 is 6.03 Å². The molecule has 7 heteroatoms. The molecule has 0 spiro atoms. The van der Waals surface area contributed by atoms with Crippen LogP contribution in [0.1, 0.15) is 31.2 Å². The zero-order valence-electron chi connectivity index (χ0n) is 15.0. The highest BCUT2D eigenvalue weighted by Crippen LogP contribution is 2.30. The van der Waals surface area contributed by atoms with Crippen molar-refractivity contribution in [1.82, 2.24) is 21.3 Å². The van der Waals surface area contributed by atoms with Gasteiger partial charge in [-0.05, 0) is 18.4 Å². The Morgan fingerprint density at radius 2 is 1.85 bits per heavy atom. The number of benzene rings is 1. The summed E-state index contributed by atoms with van der Waals surface area (Å²) in [5.41, 5.74) is 0.160. The Morgan fingerprint density at radius 1 is 1.12 bits per heavy atom. The Labute approximate surface area is 153 Å². The van der Waals surface area contributed by atoms with Crippen molar-refractivity contribution in [3.63, 3.8) is 0 Å². The van der Waals surface area contributed by atoms with Gasteiger partial charge in [0.15, 0.2) is 0 Å². The largest absolute Gasteiger partial charge is 0.391 e. The summed E-state index contributed by atoms with van der Waals surface area (Å²) in [6.45, 7) is 2.09. The molecule has 2 atom stereocenters. The fourth-order valence-corrected chi connectivity index (χ4v) is 3.75. The van der Waals surface area contributed by atoms with E-state index < -0.39 is 11.6 Å². The fourth-order valence-electron chi connectivity index (χ4n) is 3.75. The van der Waals surface area contributed by atoms with Crippen molar-refractivity contribution in [3.05, 3.63) is 35.9 Å². The lowest BCUT2D eigenvalue weighted by Gasteiger charge is -2.30. The molecular weight excluding hydrogens is 332 g/mol. The molecule has 0 bridgehead atoms. The van der Waals surface area contributed by atoms with Crippen molar-refractivity contribution in [2.75, 3.05) is 19.6 Å². The van der Waals surface area contributed by atoms with Gasteiger partial charge < -0.3 is 26.4 Å². The Balaban J connectivity index is 1.53. The molecule has 0 radical (unpaired) electrons. The molecule has 3 amide bonds. The number of amides is 3. The molecule has 1 aromatic carbocycles. The van der Waals surface area contributed by atoms with E-state index in [1.54, 1.807) is 0 Å². The summed E-state index contributed by atoms with van der Waals surface area (Å²) in [4.78, 5) is 25.1. The zero-order chi connectivity index (χ0) is 18.4. The minimum Gasteiger partial charge on any atom is -0.391 e. The van der Waals surface area contributed by atoms with Crippen molar-refractivity contribution in [1.29, 1.82) is 0 Å². The smallest absolute Gasteiger partial charge is 0.315 e. The first kappa shape index (κ1) is 18.7. The summed E-state index contributed by atoms with van der Waals surface area (Å²) in [5.74, 6) is -0.131. The molecule has 1 aromatic rings. The molecule has 5 N–H and O–H groups in total. The Kier molecular flexibility index (Phi) is 6.11. The molecule has 2 unspecified atom stereocenters. The highest BCUT2D eigenvalue weighted by atomic mass is 16.3. The summed E-state index contributed by atoms with van der Waals surface area (Å²) >= 11 is 0. The monoisotopic (exact) mass is 360 g/mol. The molecule has 1 aliphatic carbocycles. The van der Waals surface area contributed by atoms with Crippen molar-refractivity contribution in [2.24, 2.45) is 5.92 Å². The van der Waals surface area contributed by atoms with Crippen LogP contribution in [0.15, 0.2) is 30.3 Å². The van der Waals surface area contributed by atoms with E-state index in [0.29, 0.717) is 39.0 Å². The predicted octanol–water partition coefficient (Wildman–Crippen LogP) is 0.495. The lowest BCUT2D eigenvalue weighted by molar-refractivity contribution is -0.127. The first-order valence-electron chi connectivity index (χ1n) is 9.36. The zero-order valence-corrected chi connectivity index (χ0v) is 15.0. The van der Waals surface area contributed by atoms with Crippen LogP contribution in [0.4, 0.5) is 4.79 Å². The van der Waals surface area contributed by atoms with E-state index in [1.807, 2.05) is 30.3 Å². The van der Waals surface area contributed by atoms with E-state index in [-0.39, 0.29) is 17.9 Å². The van der Waals surface area contributed by atoms with Crippen LogP contribution in [0.5, 0.6) is 0 Å². The molecule has 0 aromatic heterocycles. The second-order valence-corrected chi connectivity index (χ2v) is 7.28. The molecule has 2 aliphatic rings. The summed E-state index contributed by atoms with van der Waals surface area (Å²) in [7, 11) is 0. The minimum atomic E-state index is -0.849. The molecule has 1 heterocycles. The first-order valence-corrected chi connectivity index (χ1v) is 9.36. The number of nitrogens with one attached hydrogen (secondary N) is 4. The lowest BCUT2D eigenvalue weighted by Crippen LogP contribution is -2.59. The Hall–Kier alpha value is -2.12. The van der Waals surface area contributed by atoms with E-state index >= 15 is 0 Å². The summed E-state index contributed by atoms with van der Waals surface area (Å²) in [6.07, 6.45) is 2.68. The summed E-state index contributed by atoms with van der Waals surface area (Å²) in [6, 6.07) is 9.34. The second kappa shape index (κ2) is 8.51. The van der Waals surface area contributed by atoms with Crippen LogP contribution in [0.2, 0.25) is 0 Å². The maximum Gasteiger partial charge on any atom is 0.315 e. The first-order chi connectivity index (χ1) is 12.6. The highest BCUT2D eigenvalue weighted by Gasteiger charge is 2.42. The molecular formula is C19H28N4O3. The fraction of sp³-hybridized carbons (Fsp3) is 0.579. The maximum atomic E-state index is 12.8. The number of carbonyl (C=O) groups excluding carboxylic acids is 2. The molecule has 1 saturated heterocycles. The molecule has 7 nitrogen and oxygen atoms in total. The predicted molar refractivity (Wildman–Crippen MR) is 98.4 cm³/mol. The van der Waals surface area contributed by atoms with Gasteiger partial charge in [-0.2, -0.15) is 0 Å². The van der Waals surface area contributed by atoms with Gasteiger partial charge in [-0.1, -0.05) is 43.2 Å². The molecule has 2 fully saturated rings. The normalized spacial score (nSPS) is 24.2. The SMILES string of the molecule is O=C(NCc1ccccc1)NC1(C(=O)NCC2CNCC2O)CCCC1. The van der Waals surface area contributed by atoms with E-state index in [1.165, 1.54) is 0 Å². The number of β-amino-alcohol motifs (C(OH)–C–C–N with tert-alkyl or cyclic N) is 1. The maximum absolute atomic E-state index is 12.8. The van der Waals surface area contributed by atoms with Gasteiger partial charge in [0.05, 0.1) is 6.10 Å². The summed E-state index contributed by atoms with van der Waals surface area (Å²) < 4.78 is 0. The van der Waals surface area contributed by atoms with Crippen LogP contribution in [-0.4, -0.2) is 48.3 Å². The highest BCUT2D eigenvalue weighted by molar-refractivity contribution is 5.91. The van der Waals surface area contributed by atoms with Crippen LogP contribution >= 0.6 is 0 Å². The topological polar surface area (TPSA) is 102 Å². The van der Waals surface area contributed by atoms with Crippen molar-refractivity contribution in [3.8, 4) is 0 Å². The molecule has 1 aliphatic heterocycles. The third kappa shape index (κ3) is 4.53. The van der Waals surface area contributed by atoms with Gasteiger partial charge in [-0.25, -0.2) is 4.79 Å². The number of rotatable bonds is 6. The number of hydrogen-bond donors (Lipinski definition) is 5. The average molecular weight is 360 g/mol. The molecule has 3 rings (SSSR count). The number of aliphatic hydroxyl groups is 1. The number of hydrogen-bond acceptors (Lipinski definition) is 4. The standard InChI is InChI=1S/C19H28N4O3/c24-16-13-20-11-15(16)12-21-17(25)19(8-4-5-9-19)23-18(26)22-10-14-6-2-1-3-7-14/h1-3,6-7,15-16,20,24H,4-5,8-13H2,(H,21,25)(H2,22,23,26). The van der Waals surface area contributed by atoms with Crippen LogP contribution in [-0.2, 0) is 11.3 Å². The van der Waals surface area contributed by atoms with Crippen molar-refractivity contribution in [2.45, 2.75) is 43.9 Å². The van der Waals surface area contributed by atoms with E-state index in [4.69, 9.17) is 0 Å². The van der Waals surface area contributed by atoms with Gasteiger partial charge in [-0.15, -0.1) is 0 Å². The number of urea groups is 1. The van der Waals surface area contributed by atoms with Crippen LogP contribution < -0.4 is 21.3 Å². The van der Waals surface area contributed by atoms with Crippen LogP contribution in [0.25, 0.3) is 0 Å². The van der Waals surface area contributed by atoms with Crippen LogP contribution in [0, 0.1) is 5.92 Å². The van der Waals surface area contributed by atoms with Gasteiger partial charge in [0.2, 0.25) is 5.91 Å². The minimum absolute atomic E-state index is 0.0179. The number of carbonyl (C=O) groups is 2. The van der Waals surface area contributed by atoms with E-state index in [9.17, 15) is 14.7 Å². The Morgan fingerprint density at radius 3 is 2.50 bits per heavy atom. The van der Waals surface area contributed by atoms with Gasteiger partial charge in [-0.3, -0.25) is 4.79 Å². The average Bonchev–Trinajstić information content (AvgIpc) is 3.28. The summed E-state index contributed by atoms with van der Waals surface area (Å²) in [5, 5.41) is 21.6. The number of aliphatic hydroxyl groups excluding tert-OH is 1. The molecule has 1 saturated carbocycles. The van der Waals surface area contributed by atoms with E-state index in [0.717, 1.165) is 18.4 Å². The van der Waals surface area contributed by atoms with Gasteiger partial charge in [0.1, 0.15) is 5.54 Å². The lowest BCUT2D eigenvalue weighted by atomic mass is 9.95. The second-order valence-electron chi connectivity index (χ2n) is 7.28. The Bertz CT molecular complexity index is 616. The van der Waals surface area contributed by atoms with Crippen molar-refractivity contribution < 1.29 is 14.7 Å². The molecule has 142 valence electrons. The quantitative estimate of drug-likeness (QED) is 0.510.